The first kappa shape index (κ1) is 11.3. The Morgan fingerprint density at radius 2 is 2.33 bits per heavy atom. The van der Waals surface area contributed by atoms with Crippen LogP contribution in [0.15, 0.2) is 0 Å². The molecular formula is C11H20N2OS. The summed E-state index contributed by atoms with van der Waals surface area (Å²) in [7, 11) is 0. The number of rotatable bonds is 3. The lowest BCUT2D eigenvalue weighted by Gasteiger charge is -2.27. The molecule has 2 aliphatic rings. The summed E-state index contributed by atoms with van der Waals surface area (Å²) >= 11 is 4.38. The van der Waals surface area contributed by atoms with E-state index in [1.54, 1.807) is 0 Å². The molecule has 0 bridgehead atoms. The molecule has 2 saturated heterocycles. The van der Waals surface area contributed by atoms with Crippen LogP contribution in [0.25, 0.3) is 0 Å². The molecule has 0 radical (unpaired) electrons. The van der Waals surface area contributed by atoms with Crippen molar-refractivity contribution in [3.05, 3.63) is 0 Å². The van der Waals surface area contributed by atoms with Crippen molar-refractivity contribution >= 4 is 18.5 Å². The minimum atomic E-state index is 0.258. The van der Waals surface area contributed by atoms with Gasteiger partial charge in [0.25, 0.3) is 0 Å². The molecule has 0 aromatic carbocycles. The molecular weight excluding hydrogens is 208 g/mol. The average molecular weight is 228 g/mol. The zero-order valence-electron chi connectivity index (χ0n) is 9.35. The first-order valence-electron chi connectivity index (χ1n) is 5.90. The minimum Gasteiger partial charge on any atom is -0.340 e. The van der Waals surface area contributed by atoms with E-state index in [4.69, 9.17) is 0 Å². The number of carbonyl (C=O) groups is 1. The molecule has 3 nitrogen and oxygen atoms in total. The molecule has 2 aliphatic heterocycles. The normalized spacial score (nSPS) is 32.9. The Hall–Kier alpha value is -0.220. The van der Waals surface area contributed by atoms with E-state index in [0.717, 1.165) is 19.6 Å². The number of hydrogen-bond acceptors (Lipinski definition) is 3. The fourth-order valence-corrected chi connectivity index (χ4v) is 3.05. The highest BCUT2D eigenvalue weighted by Crippen LogP contribution is 2.22. The summed E-state index contributed by atoms with van der Waals surface area (Å²) in [5.74, 6) is 0.290. The van der Waals surface area contributed by atoms with E-state index < -0.39 is 0 Å². The first-order valence-corrected chi connectivity index (χ1v) is 6.42. The molecule has 0 aliphatic carbocycles. The largest absolute Gasteiger partial charge is 0.340 e. The summed E-state index contributed by atoms with van der Waals surface area (Å²) in [5, 5.41) is 0.258. The maximum Gasteiger partial charge on any atom is 0.223 e. The molecule has 2 fully saturated rings. The second kappa shape index (κ2) is 4.74. The van der Waals surface area contributed by atoms with Crippen LogP contribution in [-0.2, 0) is 4.79 Å². The van der Waals surface area contributed by atoms with E-state index in [0.29, 0.717) is 12.5 Å². The van der Waals surface area contributed by atoms with E-state index in [9.17, 15) is 4.79 Å². The molecule has 0 saturated carbocycles. The third-order valence-electron chi connectivity index (χ3n) is 3.53. The van der Waals surface area contributed by atoms with Crippen LogP contribution in [0.3, 0.4) is 0 Å². The maximum absolute atomic E-state index is 11.6. The zero-order valence-corrected chi connectivity index (χ0v) is 10.2. The van der Waals surface area contributed by atoms with Gasteiger partial charge in [-0.3, -0.25) is 9.69 Å². The molecule has 0 aromatic heterocycles. The molecule has 0 spiro atoms. The lowest BCUT2D eigenvalue weighted by molar-refractivity contribution is -0.128. The van der Waals surface area contributed by atoms with Crippen LogP contribution >= 0.6 is 12.6 Å². The van der Waals surface area contributed by atoms with Gasteiger partial charge in [-0.2, -0.15) is 12.6 Å². The lowest BCUT2D eigenvalue weighted by Crippen LogP contribution is -2.41. The van der Waals surface area contributed by atoms with Gasteiger partial charge in [0.15, 0.2) is 0 Å². The number of likely N-dealkylation sites (tertiary alicyclic amines) is 2. The molecule has 0 aromatic rings. The highest BCUT2D eigenvalue weighted by molar-refractivity contribution is 7.81. The predicted molar refractivity (Wildman–Crippen MR) is 64.2 cm³/mol. The molecule has 15 heavy (non-hydrogen) atoms. The van der Waals surface area contributed by atoms with Gasteiger partial charge in [-0.05, 0) is 25.9 Å². The zero-order chi connectivity index (χ0) is 10.8. The van der Waals surface area contributed by atoms with Crippen molar-refractivity contribution in [2.24, 2.45) is 0 Å². The minimum absolute atomic E-state index is 0.258. The van der Waals surface area contributed by atoms with Gasteiger partial charge < -0.3 is 4.90 Å². The summed E-state index contributed by atoms with van der Waals surface area (Å²) in [5.41, 5.74) is 0. The van der Waals surface area contributed by atoms with Gasteiger partial charge in [-0.15, -0.1) is 0 Å². The lowest BCUT2D eigenvalue weighted by atomic mass is 10.2. The number of likely N-dealkylation sites (N-methyl/N-ethyl adjacent to an activating group) is 1. The second-order valence-electron chi connectivity index (χ2n) is 4.58. The third-order valence-corrected chi connectivity index (χ3v) is 3.88. The molecule has 1 amide bonds. The van der Waals surface area contributed by atoms with Gasteiger partial charge in [-0.25, -0.2) is 0 Å². The van der Waals surface area contributed by atoms with Crippen molar-refractivity contribution in [2.45, 2.75) is 37.5 Å². The highest BCUT2D eigenvalue weighted by Gasteiger charge is 2.32. The Bertz CT molecular complexity index is 247. The van der Waals surface area contributed by atoms with E-state index in [-0.39, 0.29) is 11.2 Å². The van der Waals surface area contributed by atoms with Crippen molar-refractivity contribution in [2.75, 3.05) is 26.2 Å². The molecule has 2 heterocycles. The van der Waals surface area contributed by atoms with Crippen LogP contribution in [-0.4, -0.2) is 53.2 Å². The van der Waals surface area contributed by atoms with Gasteiger partial charge in [0.05, 0.1) is 0 Å². The van der Waals surface area contributed by atoms with Crippen molar-refractivity contribution in [3.8, 4) is 0 Å². The standard InChI is InChI=1S/C11H20N2OS/c1-2-12-5-3-4-9(12)7-13-8-10(15)6-11(13)14/h9-10,15H,2-8H2,1H3. The fourth-order valence-electron chi connectivity index (χ4n) is 2.70. The Morgan fingerprint density at radius 3 is 2.93 bits per heavy atom. The summed E-state index contributed by atoms with van der Waals surface area (Å²) in [6.07, 6.45) is 3.15. The summed E-state index contributed by atoms with van der Waals surface area (Å²) in [4.78, 5) is 16.1. The number of thiol groups is 1. The summed E-state index contributed by atoms with van der Waals surface area (Å²) in [6, 6.07) is 0.595. The van der Waals surface area contributed by atoms with Crippen LogP contribution in [0.4, 0.5) is 0 Å². The van der Waals surface area contributed by atoms with Crippen molar-refractivity contribution in [1.29, 1.82) is 0 Å². The number of carbonyl (C=O) groups excluding carboxylic acids is 1. The Morgan fingerprint density at radius 1 is 1.53 bits per heavy atom. The maximum atomic E-state index is 11.6. The van der Waals surface area contributed by atoms with E-state index in [1.807, 2.05) is 4.90 Å². The van der Waals surface area contributed by atoms with E-state index in [1.165, 1.54) is 19.4 Å². The van der Waals surface area contributed by atoms with Crippen LogP contribution in [0, 0.1) is 0 Å². The van der Waals surface area contributed by atoms with Crippen molar-refractivity contribution < 1.29 is 4.79 Å². The molecule has 86 valence electrons. The fraction of sp³-hybridized carbons (Fsp3) is 0.909. The smallest absolute Gasteiger partial charge is 0.223 e. The van der Waals surface area contributed by atoms with Gasteiger partial charge in [0.1, 0.15) is 0 Å². The van der Waals surface area contributed by atoms with Crippen LogP contribution in [0.5, 0.6) is 0 Å². The monoisotopic (exact) mass is 228 g/mol. The number of amides is 1. The number of nitrogens with zero attached hydrogens (tertiary/aromatic N) is 2. The molecule has 4 heteroatoms. The first-order chi connectivity index (χ1) is 7.20. The number of hydrogen-bond donors (Lipinski definition) is 1. The Labute approximate surface area is 97.2 Å². The van der Waals surface area contributed by atoms with Crippen LogP contribution in [0.1, 0.15) is 26.2 Å². The Balaban J connectivity index is 1.88. The quantitative estimate of drug-likeness (QED) is 0.729. The molecule has 2 atom stereocenters. The van der Waals surface area contributed by atoms with E-state index in [2.05, 4.69) is 24.5 Å². The van der Waals surface area contributed by atoms with Crippen molar-refractivity contribution in [3.63, 3.8) is 0 Å². The van der Waals surface area contributed by atoms with Crippen LogP contribution in [0.2, 0.25) is 0 Å². The van der Waals surface area contributed by atoms with Crippen molar-refractivity contribution in [1.82, 2.24) is 9.80 Å². The van der Waals surface area contributed by atoms with Crippen LogP contribution < -0.4 is 0 Å². The topological polar surface area (TPSA) is 23.6 Å². The third kappa shape index (κ3) is 2.48. The predicted octanol–water partition coefficient (Wildman–Crippen LogP) is 1.00. The summed E-state index contributed by atoms with van der Waals surface area (Å²) in [6.45, 7) is 6.27. The second-order valence-corrected chi connectivity index (χ2v) is 5.31. The molecule has 0 N–H and O–H groups in total. The van der Waals surface area contributed by atoms with E-state index >= 15 is 0 Å². The molecule has 2 rings (SSSR count). The SMILES string of the molecule is CCN1CCCC1CN1CC(S)CC1=O. The average Bonchev–Trinajstić information content (AvgIpc) is 2.74. The highest BCUT2D eigenvalue weighted by atomic mass is 32.1. The Kier molecular flexibility index (Phi) is 3.57. The van der Waals surface area contributed by atoms with Gasteiger partial charge in [0.2, 0.25) is 5.91 Å². The molecule has 2 unspecified atom stereocenters. The van der Waals surface area contributed by atoms with Gasteiger partial charge in [0, 0.05) is 30.8 Å². The van der Waals surface area contributed by atoms with Gasteiger partial charge >= 0.3 is 0 Å². The van der Waals surface area contributed by atoms with Gasteiger partial charge in [-0.1, -0.05) is 6.92 Å². The summed E-state index contributed by atoms with van der Waals surface area (Å²) < 4.78 is 0.